The Hall–Kier alpha value is -2.94. The van der Waals surface area contributed by atoms with Gasteiger partial charge in [-0.2, -0.15) is 0 Å². The number of halogens is 1. The summed E-state index contributed by atoms with van der Waals surface area (Å²) in [6, 6.07) is 13.5. The molecule has 6 nitrogen and oxygen atoms in total. The summed E-state index contributed by atoms with van der Waals surface area (Å²) >= 11 is 12.6. The molecule has 2 heterocycles. The van der Waals surface area contributed by atoms with Crippen molar-refractivity contribution >= 4 is 63.3 Å². The van der Waals surface area contributed by atoms with Crippen molar-refractivity contribution in [1.29, 1.82) is 0 Å². The molecule has 1 aliphatic heterocycles. The zero-order valence-electron chi connectivity index (χ0n) is 16.4. The number of hydrogen-bond donors (Lipinski definition) is 0. The van der Waals surface area contributed by atoms with Crippen LogP contribution in [0.3, 0.4) is 0 Å². The molecule has 1 aromatic heterocycles. The molecule has 9 heteroatoms. The van der Waals surface area contributed by atoms with Crippen LogP contribution in [0.25, 0.3) is 17.4 Å². The number of amides is 1. The summed E-state index contributed by atoms with van der Waals surface area (Å²) in [6.45, 7) is 3.70. The molecule has 1 fully saturated rings. The second-order valence-electron chi connectivity index (χ2n) is 6.91. The van der Waals surface area contributed by atoms with E-state index in [4.69, 9.17) is 28.2 Å². The van der Waals surface area contributed by atoms with E-state index in [1.54, 1.807) is 48.5 Å². The van der Waals surface area contributed by atoms with E-state index in [1.807, 2.05) is 13.8 Å². The highest BCUT2D eigenvalue weighted by Gasteiger charge is 2.33. The average Bonchev–Trinajstić information content (AvgIpc) is 3.28. The number of nitrogens with zero attached hydrogens (tertiary/aromatic N) is 2. The molecule has 1 amide bonds. The van der Waals surface area contributed by atoms with Gasteiger partial charge in [-0.3, -0.25) is 19.8 Å². The number of nitro groups is 1. The minimum Gasteiger partial charge on any atom is -0.456 e. The van der Waals surface area contributed by atoms with Crippen molar-refractivity contribution < 1.29 is 14.1 Å². The molecule has 1 saturated heterocycles. The van der Waals surface area contributed by atoms with Crippen LogP contribution in [0.1, 0.15) is 16.9 Å². The SMILES string of the molecule is Cc1cc(-c2ccc(/C=C3/SC(=S)N(c4cccc(Cl)c4)C3=O)o2)c([N+](=O)[O-])cc1C. The Morgan fingerprint density at radius 3 is 2.61 bits per heavy atom. The van der Waals surface area contributed by atoms with E-state index in [-0.39, 0.29) is 11.6 Å². The fourth-order valence-corrected chi connectivity index (χ4v) is 4.62. The van der Waals surface area contributed by atoms with E-state index >= 15 is 0 Å². The first kappa shape index (κ1) is 21.3. The minimum absolute atomic E-state index is 0.0312. The maximum absolute atomic E-state index is 12.9. The lowest BCUT2D eigenvalue weighted by Gasteiger charge is -2.14. The van der Waals surface area contributed by atoms with Crippen molar-refractivity contribution in [2.45, 2.75) is 13.8 Å². The van der Waals surface area contributed by atoms with Gasteiger partial charge < -0.3 is 4.42 Å². The first-order chi connectivity index (χ1) is 14.7. The molecule has 156 valence electrons. The maximum atomic E-state index is 12.9. The van der Waals surface area contributed by atoms with Gasteiger partial charge in [0.2, 0.25) is 0 Å². The lowest BCUT2D eigenvalue weighted by atomic mass is 10.0. The van der Waals surface area contributed by atoms with E-state index in [0.717, 1.165) is 22.9 Å². The molecule has 31 heavy (non-hydrogen) atoms. The highest BCUT2D eigenvalue weighted by atomic mass is 35.5. The van der Waals surface area contributed by atoms with Gasteiger partial charge in [-0.25, -0.2) is 0 Å². The maximum Gasteiger partial charge on any atom is 0.280 e. The van der Waals surface area contributed by atoms with E-state index in [2.05, 4.69) is 0 Å². The number of carbonyl (C=O) groups is 1. The van der Waals surface area contributed by atoms with Gasteiger partial charge in [-0.1, -0.05) is 41.6 Å². The van der Waals surface area contributed by atoms with Gasteiger partial charge in [0.1, 0.15) is 11.5 Å². The normalized spacial score (nSPS) is 15.2. The van der Waals surface area contributed by atoms with Crippen molar-refractivity contribution in [1.82, 2.24) is 0 Å². The Balaban J connectivity index is 1.67. The second kappa shape index (κ2) is 8.30. The summed E-state index contributed by atoms with van der Waals surface area (Å²) in [5.74, 6) is 0.466. The summed E-state index contributed by atoms with van der Waals surface area (Å²) in [5.41, 5.74) is 2.69. The monoisotopic (exact) mass is 470 g/mol. The van der Waals surface area contributed by atoms with Crippen molar-refractivity contribution in [2.75, 3.05) is 4.90 Å². The Morgan fingerprint density at radius 2 is 1.90 bits per heavy atom. The molecule has 0 aliphatic carbocycles. The number of carbonyl (C=O) groups excluding carboxylic acids is 1. The van der Waals surface area contributed by atoms with Crippen LogP contribution in [0.4, 0.5) is 11.4 Å². The fourth-order valence-electron chi connectivity index (χ4n) is 3.16. The van der Waals surface area contributed by atoms with Crippen LogP contribution >= 0.6 is 35.6 Å². The van der Waals surface area contributed by atoms with Gasteiger partial charge in [0.25, 0.3) is 11.6 Å². The molecule has 4 rings (SSSR count). The molecule has 0 N–H and O–H groups in total. The van der Waals surface area contributed by atoms with Gasteiger partial charge >= 0.3 is 0 Å². The molecule has 3 aromatic rings. The van der Waals surface area contributed by atoms with Gasteiger partial charge in [-0.15, -0.1) is 0 Å². The topological polar surface area (TPSA) is 76.6 Å². The summed E-state index contributed by atoms with van der Waals surface area (Å²) in [5, 5.41) is 12.0. The first-order valence-electron chi connectivity index (χ1n) is 9.14. The number of thioether (sulfide) groups is 1. The molecule has 0 radical (unpaired) electrons. The van der Waals surface area contributed by atoms with Crippen LogP contribution in [-0.4, -0.2) is 15.2 Å². The molecule has 1 aliphatic rings. The standard InChI is InChI=1S/C22H15ClN2O4S2/c1-12-8-17(18(25(27)28)9-13(12)2)19-7-6-16(29-19)11-20-21(26)24(22(30)31-20)15-5-3-4-14(23)10-15/h3-11H,1-2H3/b20-11+. The van der Waals surface area contributed by atoms with Crippen LogP contribution in [0.15, 0.2) is 57.9 Å². The van der Waals surface area contributed by atoms with Crippen molar-refractivity contribution in [3.63, 3.8) is 0 Å². The van der Waals surface area contributed by atoms with Gasteiger partial charge in [0, 0.05) is 17.2 Å². The number of aryl methyl sites for hydroxylation is 2. The lowest BCUT2D eigenvalue weighted by Crippen LogP contribution is -2.27. The zero-order valence-corrected chi connectivity index (χ0v) is 18.8. The Labute approximate surface area is 192 Å². The van der Waals surface area contributed by atoms with E-state index in [9.17, 15) is 14.9 Å². The van der Waals surface area contributed by atoms with E-state index in [0.29, 0.717) is 37.0 Å². The third kappa shape index (κ3) is 4.14. The van der Waals surface area contributed by atoms with Crippen LogP contribution in [0, 0.1) is 24.0 Å². The third-order valence-corrected chi connectivity index (χ3v) is 6.37. The quantitative estimate of drug-likeness (QED) is 0.187. The Kier molecular flexibility index (Phi) is 5.70. The van der Waals surface area contributed by atoms with Crippen LogP contribution < -0.4 is 4.90 Å². The number of thiocarbonyl (C=S) groups is 1. The molecular weight excluding hydrogens is 456 g/mol. The summed E-state index contributed by atoms with van der Waals surface area (Å²) in [7, 11) is 0. The Morgan fingerprint density at radius 1 is 1.16 bits per heavy atom. The summed E-state index contributed by atoms with van der Waals surface area (Å²) in [6.07, 6.45) is 1.58. The lowest BCUT2D eigenvalue weighted by molar-refractivity contribution is -0.384. The van der Waals surface area contributed by atoms with Crippen molar-refractivity contribution in [2.24, 2.45) is 0 Å². The fraction of sp³-hybridized carbons (Fsp3) is 0.0909. The highest BCUT2D eigenvalue weighted by molar-refractivity contribution is 8.27. The van der Waals surface area contributed by atoms with Crippen molar-refractivity contribution in [3.8, 4) is 11.3 Å². The number of benzene rings is 2. The second-order valence-corrected chi connectivity index (χ2v) is 9.02. The third-order valence-electron chi connectivity index (χ3n) is 4.83. The van der Waals surface area contributed by atoms with E-state index in [1.165, 1.54) is 11.0 Å². The predicted molar refractivity (Wildman–Crippen MR) is 127 cm³/mol. The number of hydrogen-bond acceptors (Lipinski definition) is 6. The zero-order chi connectivity index (χ0) is 22.3. The number of furan rings is 1. The highest BCUT2D eigenvalue weighted by Crippen LogP contribution is 2.38. The van der Waals surface area contributed by atoms with Crippen molar-refractivity contribution in [3.05, 3.63) is 85.5 Å². The number of anilines is 1. The largest absolute Gasteiger partial charge is 0.456 e. The predicted octanol–water partition coefficient (Wildman–Crippen LogP) is 6.53. The molecule has 0 atom stereocenters. The molecule has 0 saturated carbocycles. The summed E-state index contributed by atoms with van der Waals surface area (Å²) < 4.78 is 6.22. The number of rotatable bonds is 4. The summed E-state index contributed by atoms with van der Waals surface area (Å²) in [4.78, 5) is 25.8. The molecular formula is C22H15ClN2O4S2. The van der Waals surface area contributed by atoms with Gasteiger partial charge in [0.05, 0.1) is 21.1 Å². The first-order valence-corrected chi connectivity index (χ1v) is 10.7. The van der Waals surface area contributed by atoms with E-state index < -0.39 is 4.92 Å². The van der Waals surface area contributed by atoms with Crippen LogP contribution in [0.5, 0.6) is 0 Å². The molecule has 2 aromatic carbocycles. The van der Waals surface area contributed by atoms with Gasteiger partial charge in [-0.05, 0) is 61.4 Å². The molecule has 0 bridgehead atoms. The van der Waals surface area contributed by atoms with Gasteiger partial charge in [0.15, 0.2) is 4.32 Å². The minimum atomic E-state index is -0.430. The Bertz CT molecular complexity index is 1280. The number of nitro benzene ring substituents is 1. The van der Waals surface area contributed by atoms with Crippen LogP contribution in [0.2, 0.25) is 5.02 Å². The molecule has 0 unspecified atom stereocenters. The smallest absolute Gasteiger partial charge is 0.280 e. The van der Waals surface area contributed by atoms with Crippen LogP contribution in [-0.2, 0) is 4.79 Å². The average molecular weight is 471 g/mol. The molecule has 0 spiro atoms.